The SMILES string of the molecule is NCCCCCCCCC=CCCCCCCCCc1ccccc1. The van der Waals surface area contributed by atoms with Crippen LogP contribution in [0.15, 0.2) is 42.5 Å². The molecule has 0 bridgehead atoms. The number of unbranched alkanes of at least 4 members (excludes halogenated alkanes) is 12. The number of benzene rings is 1. The van der Waals surface area contributed by atoms with E-state index in [0.717, 1.165) is 6.54 Å². The van der Waals surface area contributed by atoms with Gasteiger partial charge in [0.25, 0.3) is 0 Å². The highest BCUT2D eigenvalue weighted by molar-refractivity contribution is 5.14. The highest BCUT2D eigenvalue weighted by atomic mass is 14.5. The number of hydrogen-bond donors (Lipinski definition) is 1. The Morgan fingerprint density at radius 1 is 0.560 bits per heavy atom. The second-order valence-electron chi connectivity index (χ2n) is 7.32. The van der Waals surface area contributed by atoms with E-state index in [9.17, 15) is 0 Å². The van der Waals surface area contributed by atoms with E-state index in [4.69, 9.17) is 5.73 Å². The van der Waals surface area contributed by atoms with Crippen LogP contribution in [0.4, 0.5) is 0 Å². The highest BCUT2D eigenvalue weighted by Crippen LogP contribution is 2.11. The topological polar surface area (TPSA) is 26.0 Å². The Hall–Kier alpha value is -1.08. The largest absolute Gasteiger partial charge is 0.330 e. The Morgan fingerprint density at radius 3 is 1.60 bits per heavy atom. The van der Waals surface area contributed by atoms with E-state index in [1.54, 1.807) is 0 Å². The summed E-state index contributed by atoms with van der Waals surface area (Å²) in [6, 6.07) is 10.9. The molecule has 0 amide bonds. The lowest BCUT2D eigenvalue weighted by Gasteiger charge is -2.02. The van der Waals surface area contributed by atoms with Crippen LogP contribution >= 0.6 is 0 Å². The van der Waals surface area contributed by atoms with Gasteiger partial charge < -0.3 is 5.73 Å². The highest BCUT2D eigenvalue weighted by Gasteiger charge is 1.94. The van der Waals surface area contributed by atoms with Gasteiger partial charge in [-0.25, -0.2) is 0 Å². The van der Waals surface area contributed by atoms with Gasteiger partial charge >= 0.3 is 0 Å². The molecule has 0 saturated heterocycles. The molecule has 0 atom stereocenters. The summed E-state index contributed by atoms with van der Waals surface area (Å²) < 4.78 is 0. The molecular formula is C24H41N. The molecule has 0 spiro atoms. The molecular weight excluding hydrogens is 302 g/mol. The van der Waals surface area contributed by atoms with E-state index in [1.807, 2.05) is 0 Å². The van der Waals surface area contributed by atoms with Crippen LogP contribution in [0.2, 0.25) is 0 Å². The molecule has 142 valence electrons. The molecule has 0 fully saturated rings. The Labute approximate surface area is 157 Å². The summed E-state index contributed by atoms with van der Waals surface area (Å²) in [6.45, 7) is 0.858. The van der Waals surface area contributed by atoms with Gasteiger partial charge in [0.15, 0.2) is 0 Å². The van der Waals surface area contributed by atoms with Crippen molar-refractivity contribution in [3.8, 4) is 0 Å². The molecule has 0 heterocycles. The van der Waals surface area contributed by atoms with Gasteiger partial charge in [-0.2, -0.15) is 0 Å². The quantitative estimate of drug-likeness (QED) is 0.235. The molecule has 1 heteroatoms. The van der Waals surface area contributed by atoms with Crippen molar-refractivity contribution in [1.82, 2.24) is 0 Å². The molecule has 0 aliphatic rings. The smallest absolute Gasteiger partial charge is 0.00773 e. The summed E-state index contributed by atoms with van der Waals surface area (Å²) in [4.78, 5) is 0. The number of hydrogen-bond acceptors (Lipinski definition) is 1. The van der Waals surface area contributed by atoms with Crippen LogP contribution in [0, 0.1) is 0 Å². The normalized spacial score (nSPS) is 11.4. The summed E-state index contributed by atoms with van der Waals surface area (Å²) in [6.07, 6.45) is 24.9. The zero-order chi connectivity index (χ0) is 17.8. The van der Waals surface area contributed by atoms with E-state index in [0.29, 0.717) is 0 Å². The maximum atomic E-state index is 5.50. The van der Waals surface area contributed by atoms with Gasteiger partial charge in [0.05, 0.1) is 0 Å². The average Bonchev–Trinajstić information content (AvgIpc) is 2.65. The van der Waals surface area contributed by atoms with Crippen molar-refractivity contribution in [2.45, 2.75) is 96.3 Å². The van der Waals surface area contributed by atoms with Crippen LogP contribution < -0.4 is 5.73 Å². The predicted octanol–water partition coefficient (Wildman–Crippen LogP) is 7.21. The van der Waals surface area contributed by atoms with E-state index in [2.05, 4.69) is 42.5 Å². The van der Waals surface area contributed by atoms with Crippen LogP contribution in [0.25, 0.3) is 0 Å². The van der Waals surface area contributed by atoms with Crippen molar-refractivity contribution in [2.75, 3.05) is 6.54 Å². The minimum Gasteiger partial charge on any atom is -0.330 e. The first-order valence-electron chi connectivity index (χ1n) is 10.8. The molecule has 0 unspecified atom stereocenters. The fourth-order valence-corrected chi connectivity index (χ4v) is 3.29. The molecule has 0 aliphatic heterocycles. The molecule has 1 aromatic rings. The number of nitrogens with two attached hydrogens (primary N) is 1. The first-order valence-corrected chi connectivity index (χ1v) is 10.8. The Bertz CT molecular complexity index is 396. The van der Waals surface area contributed by atoms with Crippen molar-refractivity contribution in [1.29, 1.82) is 0 Å². The minimum absolute atomic E-state index is 0.858. The zero-order valence-corrected chi connectivity index (χ0v) is 16.4. The second kappa shape index (κ2) is 17.7. The lowest BCUT2D eigenvalue weighted by atomic mass is 10.0. The van der Waals surface area contributed by atoms with Gasteiger partial charge in [-0.1, -0.05) is 93.9 Å². The van der Waals surface area contributed by atoms with Crippen LogP contribution in [0.5, 0.6) is 0 Å². The minimum atomic E-state index is 0.858. The van der Waals surface area contributed by atoms with E-state index in [-0.39, 0.29) is 0 Å². The summed E-state index contributed by atoms with van der Waals surface area (Å²) in [5.41, 5.74) is 6.99. The Balaban J connectivity index is 1.75. The van der Waals surface area contributed by atoms with E-state index in [1.165, 1.54) is 102 Å². The Morgan fingerprint density at radius 2 is 1.04 bits per heavy atom. The van der Waals surface area contributed by atoms with Gasteiger partial charge in [-0.05, 0) is 57.1 Å². The lowest BCUT2D eigenvalue weighted by molar-refractivity contribution is 0.594. The lowest BCUT2D eigenvalue weighted by Crippen LogP contribution is -1.97. The molecule has 1 nitrogen and oxygen atoms in total. The number of allylic oxidation sites excluding steroid dienone is 2. The third kappa shape index (κ3) is 14.9. The first-order chi connectivity index (χ1) is 12.4. The van der Waals surface area contributed by atoms with Gasteiger partial charge in [0.1, 0.15) is 0 Å². The molecule has 25 heavy (non-hydrogen) atoms. The summed E-state index contributed by atoms with van der Waals surface area (Å²) >= 11 is 0. The maximum Gasteiger partial charge on any atom is -0.00773 e. The number of aryl methyl sites for hydroxylation is 1. The van der Waals surface area contributed by atoms with Gasteiger partial charge in [-0.3, -0.25) is 0 Å². The fourth-order valence-electron chi connectivity index (χ4n) is 3.29. The Kier molecular flexibility index (Phi) is 15.6. The summed E-state index contributed by atoms with van der Waals surface area (Å²) in [5, 5.41) is 0. The molecule has 0 saturated carbocycles. The van der Waals surface area contributed by atoms with Crippen LogP contribution in [0.3, 0.4) is 0 Å². The van der Waals surface area contributed by atoms with Gasteiger partial charge in [0.2, 0.25) is 0 Å². The molecule has 0 aliphatic carbocycles. The average molecular weight is 344 g/mol. The fraction of sp³-hybridized carbons (Fsp3) is 0.667. The summed E-state index contributed by atoms with van der Waals surface area (Å²) in [7, 11) is 0. The van der Waals surface area contributed by atoms with Crippen LogP contribution in [0.1, 0.15) is 95.5 Å². The standard InChI is InChI=1S/C24H41N/c25-23-19-14-12-10-8-6-4-2-1-3-5-7-9-11-13-16-20-24-21-17-15-18-22-24/h1-2,15,17-18,21-22H,3-14,16,19-20,23,25H2. The molecule has 1 aromatic carbocycles. The molecule has 1 rings (SSSR count). The van der Waals surface area contributed by atoms with Crippen LogP contribution in [-0.4, -0.2) is 6.54 Å². The predicted molar refractivity (Wildman–Crippen MR) is 113 cm³/mol. The third-order valence-electron chi connectivity index (χ3n) is 4.92. The van der Waals surface area contributed by atoms with Crippen molar-refractivity contribution >= 4 is 0 Å². The van der Waals surface area contributed by atoms with Crippen molar-refractivity contribution in [2.24, 2.45) is 5.73 Å². The molecule has 0 radical (unpaired) electrons. The molecule has 0 aromatic heterocycles. The van der Waals surface area contributed by atoms with Crippen LogP contribution in [-0.2, 0) is 6.42 Å². The van der Waals surface area contributed by atoms with Gasteiger partial charge in [0, 0.05) is 0 Å². The number of rotatable bonds is 17. The maximum absolute atomic E-state index is 5.50. The second-order valence-corrected chi connectivity index (χ2v) is 7.32. The van der Waals surface area contributed by atoms with Crippen molar-refractivity contribution in [3.05, 3.63) is 48.0 Å². The van der Waals surface area contributed by atoms with E-state index >= 15 is 0 Å². The van der Waals surface area contributed by atoms with E-state index < -0.39 is 0 Å². The van der Waals surface area contributed by atoms with Crippen molar-refractivity contribution < 1.29 is 0 Å². The third-order valence-corrected chi connectivity index (χ3v) is 4.92. The van der Waals surface area contributed by atoms with Gasteiger partial charge in [-0.15, -0.1) is 0 Å². The molecule has 2 N–H and O–H groups in total. The van der Waals surface area contributed by atoms with Crippen molar-refractivity contribution in [3.63, 3.8) is 0 Å². The first kappa shape index (κ1) is 22.0. The monoisotopic (exact) mass is 343 g/mol. The zero-order valence-electron chi connectivity index (χ0n) is 16.4. The summed E-state index contributed by atoms with van der Waals surface area (Å²) in [5.74, 6) is 0.